The highest BCUT2D eigenvalue weighted by Gasteiger charge is 2.70. The smallest absolute Gasteiger partial charge is 0.345 e. The maximum atomic E-state index is 13.7. The number of carbonyl (C=O) groups is 2. The fraction of sp³-hybridized carbons (Fsp3) is 0.486. The number of nitrogens with zero attached hydrogens (tertiary/aromatic N) is 1. The summed E-state index contributed by atoms with van der Waals surface area (Å²) in [6.07, 6.45) is 3.11. The Morgan fingerprint density at radius 1 is 1.16 bits per heavy atom. The van der Waals surface area contributed by atoms with Crippen molar-refractivity contribution >= 4 is 34.5 Å². The first-order valence-electron chi connectivity index (χ1n) is 15.3. The van der Waals surface area contributed by atoms with Crippen molar-refractivity contribution < 1.29 is 33.3 Å². The van der Waals surface area contributed by atoms with E-state index in [0.29, 0.717) is 17.5 Å². The van der Waals surface area contributed by atoms with E-state index in [1.165, 1.54) is 6.92 Å². The Labute approximate surface area is 275 Å². The number of pyridine rings is 1. The van der Waals surface area contributed by atoms with Gasteiger partial charge in [-0.3, -0.25) is 9.78 Å². The summed E-state index contributed by atoms with van der Waals surface area (Å²) in [4.78, 5) is 43.4. The van der Waals surface area contributed by atoms with Crippen molar-refractivity contribution in [1.82, 2.24) is 4.98 Å². The quantitative estimate of drug-likeness (QED) is 0.236. The SMILES string of the molecule is CC(=O)OCC1(C)C2C[C@H](OC(=O)c3cccc(I)c3)[C@@]3(C)Oc4cc(-c5cccnc5)oc(=O)c4[C@H](O)C3[C@@]2(C)CC[C@@H]1C. The third-order valence-corrected chi connectivity index (χ3v) is 11.7. The van der Waals surface area contributed by atoms with Crippen molar-refractivity contribution in [3.63, 3.8) is 0 Å². The Morgan fingerprint density at radius 3 is 2.62 bits per heavy atom. The normalized spacial score (nSPS) is 33.5. The highest BCUT2D eigenvalue weighted by Crippen LogP contribution is 2.68. The lowest BCUT2D eigenvalue weighted by atomic mass is 9.41. The second kappa shape index (κ2) is 11.5. The van der Waals surface area contributed by atoms with Gasteiger partial charge in [-0.25, -0.2) is 9.59 Å². The first-order valence-corrected chi connectivity index (χ1v) is 16.4. The number of carbonyl (C=O) groups excluding carboxylic acids is 2. The molecule has 3 heterocycles. The van der Waals surface area contributed by atoms with Crippen molar-refractivity contribution in [3.8, 4) is 17.1 Å². The maximum Gasteiger partial charge on any atom is 0.345 e. The van der Waals surface area contributed by atoms with Gasteiger partial charge in [0.25, 0.3) is 0 Å². The zero-order valence-electron chi connectivity index (χ0n) is 26.0. The summed E-state index contributed by atoms with van der Waals surface area (Å²) in [5.74, 6) is -1.04. The molecule has 1 aliphatic heterocycles. The van der Waals surface area contributed by atoms with Crippen LogP contribution in [0, 0.1) is 32.2 Å². The van der Waals surface area contributed by atoms with E-state index in [1.54, 1.807) is 48.8 Å². The molecular weight excluding hydrogens is 689 g/mol. The standard InChI is InChI=1S/C35H38INO8/c1-19-11-12-33(3)26(34(19,4)18-42-20(2)38)16-27(44-31(40)21-8-6-10-23(36)14-21)35(5)30(33)29(39)28-25(45-35)15-24(43-32(28)41)22-9-7-13-37-17-22/h6-10,13-15,17,19,26-27,29-30,39H,11-12,16,18H2,1-5H3/t19-,26?,27-,29-,30?,33-,34?,35+/m0/s1. The number of halogens is 1. The highest BCUT2D eigenvalue weighted by atomic mass is 127. The monoisotopic (exact) mass is 727 g/mol. The van der Waals surface area contributed by atoms with Gasteiger partial charge in [-0.2, -0.15) is 0 Å². The lowest BCUT2D eigenvalue weighted by molar-refractivity contribution is -0.257. The van der Waals surface area contributed by atoms with E-state index < -0.39 is 46.2 Å². The van der Waals surface area contributed by atoms with E-state index in [0.717, 1.165) is 16.4 Å². The average Bonchev–Trinajstić information content (AvgIpc) is 2.99. The summed E-state index contributed by atoms with van der Waals surface area (Å²) in [5.41, 5.74) is -1.93. The van der Waals surface area contributed by atoms with E-state index in [1.807, 2.05) is 13.0 Å². The molecule has 45 heavy (non-hydrogen) atoms. The summed E-state index contributed by atoms with van der Waals surface area (Å²) in [6.45, 7) is 9.85. The zero-order chi connectivity index (χ0) is 32.3. The molecule has 0 bridgehead atoms. The van der Waals surface area contributed by atoms with Gasteiger partial charge in [0.1, 0.15) is 28.8 Å². The largest absolute Gasteiger partial charge is 0.482 e. The lowest BCUT2D eigenvalue weighted by Gasteiger charge is -2.66. The molecule has 0 radical (unpaired) electrons. The molecule has 10 heteroatoms. The van der Waals surface area contributed by atoms with E-state index in [4.69, 9.17) is 18.6 Å². The highest BCUT2D eigenvalue weighted by molar-refractivity contribution is 14.1. The number of hydrogen-bond donors (Lipinski definition) is 1. The zero-order valence-corrected chi connectivity index (χ0v) is 28.2. The number of benzene rings is 1. The van der Waals surface area contributed by atoms with Crippen LogP contribution in [0.15, 0.2) is 64.1 Å². The first-order chi connectivity index (χ1) is 21.3. The van der Waals surface area contributed by atoms with Crippen LogP contribution in [0.3, 0.4) is 0 Å². The molecule has 2 fully saturated rings. The van der Waals surface area contributed by atoms with E-state index in [9.17, 15) is 19.5 Å². The lowest BCUT2D eigenvalue weighted by Crippen LogP contribution is -2.70. The second-order valence-electron chi connectivity index (χ2n) is 13.6. The Hall–Kier alpha value is -3.25. The number of esters is 2. The first kappa shape index (κ1) is 31.7. The van der Waals surface area contributed by atoms with Crippen LogP contribution in [0.2, 0.25) is 0 Å². The van der Waals surface area contributed by atoms with Gasteiger partial charge < -0.3 is 23.7 Å². The van der Waals surface area contributed by atoms with Gasteiger partial charge in [0.15, 0.2) is 0 Å². The molecule has 2 aromatic heterocycles. The molecule has 8 atom stereocenters. The molecule has 0 amide bonds. The van der Waals surface area contributed by atoms with Crippen LogP contribution in [0.1, 0.15) is 75.9 Å². The van der Waals surface area contributed by atoms with Gasteiger partial charge in [-0.1, -0.05) is 26.8 Å². The van der Waals surface area contributed by atoms with E-state index in [-0.39, 0.29) is 41.5 Å². The fourth-order valence-electron chi connectivity index (χ4n) is 8.51. The van der Waals surface area contributed by atoms with Crippen LogP contribution in [-0.4, -0.2) is 40.3 Å². The van der Waals surface area contributed by atoms with Crippen molar-refractivity contribution in [2.75, 3.05) is 6.61 Å². The number of aliphatic hydroxyl groups excluding tert-OH is 1. The molecule has 3 unspecified atom stereocenters. The van der Waals surface area contributed by atoms with E-state index >= 15 is 0 Å². The van der Waals surface area contributed by atoms with Gasteiger partial charge in [0.05, 0.1) is 18.3 Å². The Morgan fingerprint density at radius 2 is 1.93 bits per heavy atom. The van der Waals surface area contributed by atoms with Gasteiger partial charge in [0, 0.05) is 45.9 Å². The number of aliphatic hydroxyl groups is 1. The minimum absolute atomic E-state index is 0.0509. The topological polar surface area (TPSA) is 125 Å². The number of fused-ring (bicyclic) bond motifs is 4. The van der Waals surface area contributed by atoms with Crippen LogP contribution >= 0.6 is 22.6 Å². The Bertz CT molecular complexity index is 1690. The summed E-state index contributed by atoms with van der Waals surface area (Å²) >= 11 is 2.15. The molecule has 0 spiro atoms. The summed E-state index contributed by atoms with van der Waals surface area (Å²) in [6, 6.07) is 12.3. The summed E-state index contributed by atoms with van der Waals surface area (Å²) < 4.78 is 25.4. The molecule has 6 rings (SSSR count). The third kappa shape index (κ3) is 5.27. The number of rotatable bonds is 5. The Balaban J connectivity index is 1.50. The molecule has 1 N–H and O–H groups in total. The second-order valence-corrected chi connectivity index (χ2v) is 14.8. The Kier molecular flexibility index (Phi) is 8.12. The van der Waals surface area contributed by atoms with Crippen molar-refractivity contribution in [1.29, 1.82) is 0 Å². The van der Waals surface area contributed by atoms with E-state index in [2.05, 4.69) is 48.3 Å². The number of aromatic nitrogens is 1. The van der Waals surface area contributed by atoms with Gasteiger partial charge in [-0.15, -0.1) is 0 Å². The van der Waals surface area contributed by atoms with Gasteiger partial charge in [-0.05, 0) is 96.4 Å². The molecule has 3 aliphatic rings. The van der Waals surface area contributed by atoms with Crippen LogP contribution < -0.4 is 10.4 Å². The predicted molar refractivity (Wildman–Crippen MR) is 173 cm³/mol. The van der Waals surface area contributed by atoms with Crippen molar-refractivity contribution in [2.45, 2.75) is 71.7 Å². The molecule has 238 valence electrons. The molecule has 0 saturated heterocycles. The summed E-state index contributed by atoms with van der Waals surface area (Å²) in [5, 5.41) is 12.2. The van der Waals surface area contributed by atoms with Crippen molar-refractivity contribution in [3.05, 3.63) is 80.0 Å². The van der Waals surface area contributed by atoms with Crippen LogP contribution in [-0.2, 0) is 14.3 Å². The molecule has 2 aliphatic carbocycles. The number of hydrogen-bond acceptors (Lipinski definition) is 9. The molecule has 9 nitrogen and oxygen atoms in total. The molecule has 3 aromatic rings. The minimum Gasteiger partial charge on any atom is -0.482 e. The maximum absolute atomic E-state index is 13.7. The summed E-state index contributed by atoms with van der Waals surface area (Å²) in [7, 11) is 0. The third-order valence-electron chi connectivity index (χ3n) is 11.0. The number of ether oxygens (including phenoxy) is 3. The average molecular weight is 728 g/mol. The fourth-order valence-corrected chi connectivity index (χ4v) is 9.05. The van der Waals surface area contributed by atoms with Crippen LogP contribution in [0.25, 0.3) is 11.3 Å². The molecular formula is C35H38INO8. The van der Waals surface area contributed by atoms with Crippen LogP contribution in [0.4, 0.5) is 0 Å². The van der Waals surface area contributed by atoms with Gasteiger partial charge in [0.2, 0.25) is 0 Å². The minimum atomic E-state index is -1.27. The van der Waals surface area contributed by atoms with Crippen LogP contribution in [0.5, 0.6) is 5.75 Å². The molecule has 2 saturated carbocycles. The van der Waals surface area contributed by atoms with Gasteiger partial charge >= 0.3 is 17.6 Å². The predicted octanol–water partition coefficient (Wildman–Crippen LogP) is 6.36. The van der Waals surface area contributed by atoms with Crippen molar-refractivity contribution in [2.24, 2.45) is 28.6 Å². The molecule has 1 aromatic carbocycles.